The molecule has 0 amide bonds. The Hall–Kier alpha value is -1.20. The average Bonchev–Trinajstić information content (AvgIpc) is 2.84. The molecule has 0 fully saturated rings. The molecule has 0 spiro atoms. The van der Waals surface area contributed by atoms with Gasteiger partial charge in [-0.1, -0.05) is 6.92 Å². The second-order valence-corrected chi connectivity index (χ2v) is 5.75. The minimum Gasteiger partial charge on any atom is -0.309 e. The van der Waals surface area contributed by atoms with Gasteiger partial charge in [-0.05, 0) is 32.4 Å². The van der Waals surface area contributed by atoms with Gasteiger partial charge in [-0.2, -0.15) is 5.10 Å². The molecule has 18 heavy (non-hydrogen) atoms. The Kier molecular flexibility index (Phi) is 4.14. The number of nitrogens with one attached hydrogen (secondary N) is 1. The molecule has 0 bridgehead atoms. The summed E-state index contributed by atoms with van der Waals surface area (Å²) < 4.78 is 1.85. The predicted octanol–water partition coefficient (Wildman–Crippen LogP) is 2.39. The number of hydrogen-bond acceptors (Lipinski definition) is 4. The summed E-state index contributed by atoms with van der Waals surface area (Å²) in [5.74, 6) is 0. The van der Waals surface area contributed by atoms with E-state index in [1.807, 2.05) is 17.9 Å². The van der Waals surface area contributed by atoms with Crippen LogP contribution in [0.2, 0.25) is 0 Å². The van der Waals surface area contributed by atoms with Crippen LogP contribution in [0.15, 0.2) is 12.4 Å². The van der Waals surface area contributed by atoms with E-state index in [0.717, 1.165) is 23.7 Å². The first kappa shape index (κ1) is 13.2. The van der Waals surface area contributed by atoms with Crippen molar-refractivity contribution in [3.63, 3.8) is 0 Å². The molecule has 98 valence electrons. The van der Waals surface area contributed by atoms with E-state index < -0.39 is 0 Å². The molecule has 2 heterocycles. The SMILES string of the molecule is CCNC(Cc1cnn(C)c1)c1sc(C)nc1C. The summed E-state index contributed by atoms with van der Waals surface area (Å²) in [6.45, 7) is 7.25. The molecular formula is C13H20N4S. The Morgan fingerprint density at radius 1 is 1.44 bits per heavy atom. The summed E-state index contributed by atoms with van der Waals surface area (Å²) in [5.41, 5.74) is 2.40. The normalized spacial score (nSPS) is 12.9. The molecule has 0 aliphatic heterocycles. The van der Waals surface area contributed by atoms with Crippen LogP contribution in [0.4, 0.5) is 0 Å². The lowest BCUT2D eigenvalue weighted by Crippen LogP contribution is -2.22. The van der Waals surface area contributed by atoms with Crippen LogP contribution in [0.25, 0.3) is 0 Å². The highest BCUT2D eigenvalue weighted by Gasteiger charge is 2.17. The maximum atomic E-state index is 4.52. The van der Waals surface area contributed by atoms with Crippen molar-refractivity contribution in [1.29, 1.82) is 0 Å². The van der Waals surface area contributed by atoms with E-state index >= 15 is 0 Å². The minimum atomic E-state index is 0.338. The second-order valence-electron chi connectivity index (χ2n) is 4.52. The summed E-state index contributed by atoms with van der Waals surface area (Å²) in [4.78, 5) is 5.86. The van der Waals surface area contributed by atoms with Gasteiger partial charge in [0.1, 0.15) is 0 Å². The van der Waals surface area contributed by atoms with Crippen LogP contribution in [-0.2, 0) is 13.5 Å². The van der Waals surface area contributed by atoms with Crippen LogP contribution in [0.5, 0.6) is 0 Å². The van der Waals surface area contributed by atoms with Crippen molar-refractivity contribution in [2.75, 3.05) is 6.54 Å². The monoisotopic (exact) mass is 264 g/mol. The van der Waals surface area contributed by atoms with Crippen LogP contribution in [0.1, 0.15) is 34.1 Å². The van der Waals surface area contributed by atoms with Crippen molar-refractivity contribution in [3.8, 4) is 0 Å². The first-order chi connectivity index (χ1) is 8.60. The van der Waals surface area contributed by atoms with E-state index in [1.54, 1.807) is 11.3 Å². The summed E-state index contributed by atoms with van der Waals surface area (Å²) in [6.07, 6.45) is 4.98. The molecule has 2 aromatic heterocycles. The van der Waals surface area contributed by atoms with Crippen LogP contribution < -0.4 is 5.32 Å². The predicted molar refractivity (Wildman–Crippen MR) is 74.9 cm³/mol. The fourth-order valence-electron chi connectivity index (χ4n) is 2.19. The van der Waals surface area contributed by atoms with E-state index in [1.165, 1.54) is 10.4 Å². The lowest BCUT2D eigenvalue weighted by molar-refractivity contribution is 0.554. The average molecular weight is 264 g/mol. The molecule has 0 aliphatic rings. The van der Waals surface area contributed by atoms with Gasteiger partial charge >= 0.3 is 0 Å². The summed E-state index contributed by atoms with van der Waals surface area (Å²) >= 11 is 1.79. The van der Waals surface area contributed by atoms with Gasteiger partial charge in [0, 0.05) is 24.2 Å². The lowest BCUT2D eigenvalue weighted by Gasteiger charge is -2.16. The Bertz CT molecular complexity index is 515. The summed E-state index contributed by atoms with van der Waals surface area (Å²) in [7, 11) is 1.95. The fourth-order valence-corrected chi connectivity index (χ4v) is 3.19. The Labute approximate surface area is 112 Å². The van der Waals surface area contributed by atoms with Crippen molar-refractivity contribution in [2.24, 2.45) is 7.05 Å². The number of aromatic nitrogens is 3. The molecule has 1 atom stereocenters. The molecule has 0 radical (unpaired) electrons. The zero-order chi connectivity index (χ0) is 13.1. The number of nitrogens with zero attached hydrogens (tertiary/aromatic N) is 3. The third kappa shape index (κ3) is 2.97. The van der Waals surface area contributed by atoms with E-state index in [2.05, 4.69) is 42.4 Å². The van der Waals surface area contributed by atoms with Gasteiger partial charge in [-0.25, -0.2) is 4.98 Å². The smallest absolute Gasteiger partial charge is 0.0900 e. The standard InChI is InChI=1S/C13H20N4S/c1-5-14-12(6-11-7-15-17(4)8-11)13-9(2)16-10(3)18-13/h7-8,12,14H,5-6H2,1-4H3. The quantitative estimate of drug-likeness (QED) is 0.901. The second kappa shape index (κ2) is 5.63. The molecule has 2 aromatic rings. The van der Waals surface area contributed by atoms with Gasteiger partial charge in [0.15, 0.2) is 0 Å². The maximum Gasteiger partial charge on any atom is 0.0900 e. The van der Waals surface area contributed by atoms with Gasteiger partial charge in [0.2, 0.25) is 0 Å². The minimum absolute atomic E-state index is 0.338. The van der Waals surface area contributed by atoms with E-state index in [-0.39, 0.29) is 0 Å². The highest BCUT2D eigenvalue weighted by Crippen LogP contribution is 2.27. The molecule has 5 heteroatoms. The van der Waals surface area contributed by atoms with Crippen LogP contribution in [0, 0.1) is 13.8 Å². The number of hydrogen-bond donors (Lipinski definition) is 1. The van der Waals surface area contributed by atoms with E-state index in [9.17, 15) is 0 Å². The third-order valence-electron chi connectivity index (χ3n) is 2.90. The van der Waals surface area contributed by atoms with Gasteiger partial charge in [0.25, 0.3) is 0 Å². The zero-order valence-electron chi connectivity index (χ0n) is 11.4. The highest BCUT2D eigenvalue weighted by atomic mass is 32.1. The van der Waals surface area contributed by atoms with E-state index in [0.29, 0.717) is 6.04 Å². The summed E-state index contributed by atoms with van der Waals surface area (Å²) in [5, 5.41) is 8.91. The molecule has 0 aliphatic carbocycles. The molecule has 0 aromatic carbocycles. The van der Waals surface area contributed by atoms with Crippen molar-refractivity contribution in [3.05, 3.63) is 33.5 Å². The fraction of sp³-hybridized carbons (Fsp3) is 0.538. The van der Waals surface area contributed by atoms with Crippen molar-refractivity contribution in [2.45, 2.75) is 33.2 Å². The Balaban J connectivity index is 2.20. The van der Waals surface area contributed by atoms with Gasteiger partial charge < -0.3 is 5.32 Å². The van der Waals surface area contributed by atoms with Crippen molar-refractivity contribution < 1.29 is 0 Å². The number of rotatable bonds is 5. The van der Waals surface area contributed by atoms with Gasteiger partial charge in [-0.15, -0.1) is 11.3 Å². The molecule has 0 saturated carbocycles. The first-order valence-electron chi connectivity index (χ1n) is 6.25. The van der Waals surface area contributed by atoms with Gasteiger partial charge in [0.05, 0.1) is 16.9 Å². The van der Waals surface area contributed by atoms with Crippen LogP contribution in [0.3, 0.4) is 0 Å². The van der Waals surface area contributed by atoms with Crippen molar-refractivity contribution >= 4 is 11.3 Å². The Morgan fingerprint density at radius 3 is 2.72 bits per heavy atom. The van der Waals surface area contributed by atoms with Crippen LogP contribution in [-0.4, -0.2) is 21.3 Å². The summed E-state index contributed by atoms with van der Waals surface area (Å²) in [6, 6.07) is 0.338. The van der Waals surface area contributed by atoms with Crippen molar-refractivity contribution in [1.82, 2.24) is 20.1 Å². The maximum absolute atomic E-state index is 4.52. The zero-order valence-corrected chi connectivity index (χ0v) is 12.2. The van der Waals surface area contributed by atoms with E-state index in [4.69, 9.17) is 0 Å². The Morgan fingerprint density at radius 2 is 2.22 bits per heavy atom. The molecular weight excluding hydrogens is 244 g/mol. The first-order valence-corrected chi connectivity index (χ1v) is 7.06. The largest absolute Gasteiger partial charge is 0.309 e. The number of likely N-dealkylation sites (N-methyl/N-ethyl adjacent to an activating group) is 1. The molecule has 0 saturated heterocycles. The molecule has 2 rings (SSSR count). The number of aryl methyl sites for hydroxylation is 3. The molecule has 1 N–H and O–H groups in total. The third-order valence-corrected chi connectivity index (χ3v) is 4.09. The topological polar surface area (TPSA) is 42.7 Å². The molecule has 4 nitrogen and oxygen atoms in total. The molecule has 1 unspecified atom stereocenters. The van der Waals surface area contributed by atoms with Crippen LogP contribution >= 0.6 is 11.3 Å². The number of thiazole rings is 1. The lowest BCUT2D eigenvalue weighted by atomic mass is 10.1. The highest BCUT2D eigenvalue weighted by molar-refractivity contribution is 7.11. The van der Waals surface area contributed by atoms with Gasteiger partial charge in [-0.3, -0.25) is 4.68 Å².